The van der Waals surface area contributed by atoms with Gasteiger partial charge in [-0.05, 0) is 133 Å². The van der Waals surface area contributed by atoms with Crippen molar-refractivity contribution >= 4 is 72.9 Å². The maximum atomic E-state index is 14.0. The van der Waals surface area contributed by atoms with Crippen molar-refractivity contribution < 1.29 is 111 Å². The first-order valence-corrected chi connectivity index (χ1v) is 27.3. The van der Waals surface area contributed by atoms with Gasteiger partial charge in [0.15, 0.2) is 0 Å². The van der Waals surface area contributed by atoms with Gasteiger partial charge in [0.1, 0.15) is 11.6 Å². The first-order valence-electron chi connectivity index (χ1n) is 27.3. The van der Waals surface area contributed by atoms with Crippen LogP contribution in [0, 0.1) is 11.6 Å². The Morgan fingerprint density at radius 3 is 1.05 bits per heavy atom. The van der Waals surface area contributed by atoms with Crippen LogP contribution in [0.4, 0.5) is 20.2 Å². The number of nitrogens with zero attached hydrogens (tertiary/aromatic N) is 2. The number of aliphatic hydroxyl groups excluding tert-OH is 4. The summed E-state index contributed by atoms with van der Waals surface area (Å²) >= 11 is 0. The third-order valence-corrected chi connectivity index (χ3v) is 13.8. The van der Waals surface area contributed by atoms with Crippen molar-refractivity contribution in [2.75, 3.05) is 10.6 Å². The van der Waals surface area contributed by atoms with Crippen molar-refractivity contribution in [1.29, 1.82) is 0 Å². The molecule has 6 N–H and O–H groups in total. The Balaban J connectivity index is 0.000000352. The minimum Gasteiger partial charge on any atom is -1.00 e. The molecule has 18 heteroatoms. The van der Waals surface area contributed by atoms with Crippen LogP contribution in [-0.2, 0) is 22.7 Å². The smallest absolute Gasteiger partial charge is 1.00 e. The van der Waals surface area contributed by atoms with Crippen LogP contribution in [0.2, 0.25) is 0 Å². The van der Waals surface area contributed by atoms with Gasteiger partial charge in [0.05, 0.1) is 46.9 Å². The van der Waals surface area contributed by atoms with E-state index in [2.05, 4.69) is 10.6 Å². The summed E-state index contributed by atoms with van der Waals surface area (Å²) in [5.74, 6) is -4.41. The van der Waals surface area contributed by atoms with E-state index in [1.165, 1.54) is 24.3 Å². The Hall–Kier alpha value is -5.64. The quantitative estimate of drug-likeness (QED) is 0.0351. The van der Waals surface area contributed by atoms with E-state index in [9.17, 15) is 58.6 Å². The number of aromatic nitrogens is 2. The van der Waals surface area contributed by atoms with Gasteiger partial charge in [0.25, 0.3) is 11.8 Å². The zero-order valence-electron chi connectivity index (χ0n) is 48.9. The van der Waals surface area contributed by atoms with Crippen LogP contribution in [0.1, 0.15) is 112 Å². The average Bonchev–Trinajstić information content (AvgIpc) is 2.07. The topological polar surface area (TPSA) is 229 Å². The number of aliphatic carboxylic acids is 2. The van der Waals surface area contributed by atoms with E-state index >= 15 is 0 Å². The number of anilines is 2. The number of carbonyl (C=O) groups is 4. The number of para-hydroxylation sites is 2. The number of rotatable bonds is 24. The molecule has 0 bridgehead atoms. The monoisotopic (exact) mass is 1190 g/mol. The van der Waals surface area contributed by atoms with Gasteiger partial charge in [-0.2, -0.15) is 0 Å². The predicted molar refractivity (Wildman–Crippen MR) is 316 cm³/mol. The Kier molecular flexibility index (Phi) is 27.4. The second-order valence-corrected chi connectivity index (χ2v) is 20.8. The third kappa shape index (κ3) is 18.7. The van der Waals surface area contributed by atoms with Crippen LogP contribution in [0.15, 0.2) is 170 Å². The number of hydrogen-bond donors (Lipinski definition) is 6. The first kappa shape index (κ1) is 69.1. The molecule has 430 valence electrons. The molecule has 2 heterocycles. The summed E-state index contributed by atoms with van der Waals surface area (Å²) in [7, 11) is 0. The average molecular weight is 1200 g/mol. The van der Waals surface area contributed by atoms with Crippen LogP contribution in [-0.4, -0.2) is 115 Å². The molecule has 0 unspecified atom stereocenters. The number of halogens is 2. The molecule has 2 amide bonds. The van der Waals surface area contributed by atoms with Crippen LogP contribution in [0.5, 0.6) is 0 Å². The number of hydrogen-bond acceptors (Lipinski definition) is 10. The van der Waals surface area contributed by atoms with Crippen LogP contribution in [0.25, 0.3) is 44.8 Å². The third-order valence-electron chi connectivity index (χ3n) is 13.8. The molecule has 14 nitrogen and oxygen atoms in total. The predicted octanol–water partition coefficient (Wildman–Crippen LogP) is 6.69. The number of carboxylic acids is 2. The van der Waals surface area contributed by atoms with E-state index in [1.54, 1.807) is 48.5 Å². The maximum absolute atomic E-state index is 14.0. The Morgan fingerprint density at radius 2 is 0.762 bits per heavy atom. The molecule has 0 fully saturated rings. The van der Waals surface area contributed by atoms with Crippen LogP contribution >= 0.6 is 0 Å². The molecule has 6 aromatic carbocycles. The second kappa shape index (κ2) is 33.3. The number of benzene rings is 6. The summed E-state index contributed by atoms with van der Waals surface area (Å²) in [6.45, 7) is 8.45. The Bertz CT molecular complexity index is 3180. The van der Waals surface area contributed by atoms with Gasteiger partial charge >= 0.3 is 89.1 Å². The molecule has 84 heavy (non-hydrogen) atoms. The van der Waals surface area contributed by atoms with Crippen LogP contribution < -0.4 is 72.2 Å². The normalized spacial score (nSPS) is 12.4. The minimum atomic E-state index is -1.39. The number of aliphatic hydroxyl groups is 4. The molecular formula is C66H69CaF2KN4O10. The molecule has 0 radical (unpaired) electrons. The number of nitrogens with one attached hydrogen (secondary N) is 2. The summed E-state index contributed by atoms with van der Waals surface area (Å²) in [6, 6.07) is 49.4. The molecule has 0 saturated carbocycles. The molecule has 0 spiro atoms. The number of amides is 2. The van der Waals surface area contributed by atoms with E-state index in [0.29, 0.717) is 56.1 Å². The van der Waals surface area contributed by atoms with E-state index in [4.69, 9.17) is 0 Å². The van der Waals surface area contributed by atoms with Gasteiger partial charge in [-0.15, -0.1) is 0 Å². The van der Waals surface area contributed by atoms with Gasteiger partial charge in [0.2, 0.25) is 0 Å². The number of carboxylic acid groups (broad SMARTS) is 2. The van der Waals surface area contributed by atoms with E-state index < -0.39 is 60.8 Å². The fourth-order valence-electron chi connectivity index (χ4n) is 10.4. The molecule has 8 rings (SSSR count). The zero-order chi connectivity index (χ0) is 59.0. The van der Waals surface area contributed by atoms with Crippen molar-refractivity contribution in [3.8, 4) is 44.8 Å². The van der Waals surface area contributed by atoms with Crippen molar-refractivity contribution in [3.63, 3.8) is 0 Å². The fraction of sp³-hybridized carbons (Fsp3) is 0.273. The van der Waals surface area contributed by atoms with Crippen molar-refractivity contribution in [2.24, 2.45) is 0 Å². The Morgan fingerprint density at radius 1 is 0.464 bits per heavy atom. The van der Waals surface area contributed by atoms with E-state index in [-0.39, 0.29) is 153 Å². The van der Waals surface area contributed by atoms with Crippen molar-refractivity contribution in [3.05, 3.63) is 204 Å². The van der Waals surface area contributed by atoms with Gasteiger partial charge in [-0.25, -0.2) is 8.78 Å². The maximum Gasteiger partial charge on any atom is 2.00 e. The fourth-order valence-corrected chi connectivity index (χ4v) is 10.4. The number of carbonyl (C=O) groups excluding carboxylic acids is 4. The summed E-state index contributed by atoms with van der Waals surface area (Å²) in [5.41, 5.74) is 9.43. The molecule has 2 aromatic heterocycles. The molecule has 0 aliphatic carbocycles. The largest absolute Gasteiger partial charge is 2.00 e. The minimum absolute atomic E-state index is 0. The molecule has 0 aliphatic heterocycles. The molecule has 0 aliphatic rings. The van der Waals surface area contributed by atoms with Crippen molar-refractivity contribution in [2.45, 2.75) is 116 Å². The van der Waals surface area contributed by atoms with Gasteiger partial charge in [0, 0.05) is 71.8 Å². The van der Waals surface area contributed by atoms with E-state index in [1.807, 2.05) is 134 Å². The molecule has 4 atom stereocenters. The second-order valence-electron chi connectivity index (χ2n) is 20.8. The first-order chi connectivity index (χ1) is 39.3. The zero-order valence-corrected chi connectivity index (χ0v) is 53.2. The van der Waals surface area contributed by atoms with Crippen LogP contribution in [0.3, 0.4) is 0 Å². The molecule has 0 saturated heterocycles. The van der Waals surface area contributed by atoms with Crippen molar-refractivity contribution in [1.82, 2.24) is 9.13 Å². The standard InChI is InChI=1S/2C33H35FN2O5.Ca.K.H/c2*1-21(2)31-30(33(41)35-25-11-7-4-8-12-25)29(22-9-5-3-6-10-22)32(23-13-15-24(34)16-14-23)36(31)18-17-26(37)19-27(38)20-28(39)40;;;/h2*3-16,21,26-27,37-38H,17-20H2,1-2H3,(H,35,41)(H,39,40);;;/q;;+2;+1;-1/p-2/t2*26-,27-;;;/m11.../s1. The van der Waals surface area contributed by atoms with Gasteiger partial charge < -0.3 is 61.4 Å². The van der Waals surface area contributed by atoms with Gasteiger partial charge in [-0.3, -0.25) is 9.59 Å². The summed E-state index contributed by atoms with van der Waals surface area (Å²) < 4.78 is 32.0. The molecular weight excluding hydrogens is 1130 g/mol. The molecule has 8 aromatic rings. The Labute approximate surface area is 562 Å². The summed E-state index contributed by atoms with van der Waals surface area (Å²) in [6.07, 6.45) is -5.54. The van der Waals surface area contributed by atoms with E-state index in [0.717, 1.165) is 22.5 Å². The summed E-state index contributed by atoms with van der Waals surface area (Å²) in [4.78, 5) is 49.8. The SMILES string of the molecule is CC(C)c1c(C(=O)Nc2ccccc2)c(-c2ccccc2)c(-c2ccc(F)cc2)n1CC[C@@H](O)C[C@@H](O)CC(=O)[O-].CC(C)c1c(C(=O)Nc2ccccc2)c(-c2ccccc2)c(-c2ccc(F)cc2)n1CC[C@@H](O)C[C@@H](O)CC(=O)[O-].[Ca+2].[H-].[K+]. The summed E-state index contributed by atoms with van der Waals surface area (Å²) in [5, 5.41) is 69.2. The van der Waals surface area contributed by atoms with Gasteiger partial charge in [-0.1, -0.05) is 125 Å².